The Bertz CT molecular complexity index is 376. The Labute approximate surface area is 82.5 Å². The topological polar surface area (TPSA) is 43.1 Å². The molecular formula is C8H5ClF3NO. The van der Waals surface area contributed by atoms with Gasteiger partial charge in [0, 0.05) is 11.3 Å². The average Bonchev–Trinajstić information content (AvgIpc) is 2.02. The van der Waals surface area contributed by atoms with Crippen LogP contribution in [0.5, 0.6) is 0 Å². The molecule has 0 aliphatic rings. The van der Waals surface area contributed by atoms with E-state index >= 15 is 0 Å². The first-order chi connectivity index (χ1) is 6.36. The van der Waals surface area contributed by atoms with E-state index in [1.54, 1.807) is 0 Å². The molecule has 2 nitrogen and oxygen atoms in total. The van der Waals surface area contributed by atoms with Crippen molar-refractivity contribution in [3.05, 3.63) is 28.3 Å². The predicted octanol–water partition coefficient (Wildman–Crippen LogP) is 2.75. The number of alkyl halides is 3. The minimum absolute atomic E-state index is 0.0713. The van der Waals surface area contributed by atoms with Crippen LogP contribution in [0.3, 0.4) is 0 Å². The second-order valence-electron chi connectivity index (χ2n) is 2.58. The molecule has 76 valence electrons. The van der Waals surface area contributed by atoms with Crippen molar-refractivity contribution in [1.82, 2.24) is 0 Å². The molecule has 2 N–H and O–H groups in total. The number of aldehydes is 1. The lowest BCUT2D eigenvalue weighted by atomic mass is 10.1. The number of carbonyl (C=O) groups excluding carboxylic acids is 1. The summed E-state index contributed by atoms with van der Waals surface area (Å²) in [6, 6.07) is 1.54. The number of hydrogen-bond acceptors (Lipinski definition) is 2. The molecule has 0 atom stereocenters. The Balaban J connectivity index is 3.39. The van der Waals surface area contributed by atoms with Gasteiger partial charge in [0.2, 0.25) is 0 Å². The van der Waals surface area contributed by atoms with Gasteiger partial charge in [0.25, 0.3) is 0 Å². The molecule has 0 aliphatic carbocycles. The van der Waals surface area contributed by atoms with Crippen molar-refractivity contribution in [2.24, 2.45) is 0 Å². The van der Waals surface area contributed by atoms with Gasteiger partial charge in [-0.2, -0.15) is 13.2 Å². The summed E-state index contributed by atoms with van der Waals surface area (Å²) in [5.41, 5.74) is 3.91. The van der Waals surface area contributed by atoms with Gasteiger partial charge in [-0.1, -0.05) is 11.6 Å². The summed E-state index contributed by atoms with van der Waals surface area (Å²) in [4.78, 5) is 10.3. The molecule has 0 spiro atoms. The zero-order valence-electron chi connectivity index (χ0n) is 6.73. The Kier molecular flexibility index (Phi) is 2.71. The summed E-state index contributed by atoms with van der Waals surface area (Å²) in [7, 11) is 0. The van der Waals surface area contributed by atoms with E-state index in [4.69, 9.17) is 17.3 Å². The van der Waals surface area contributed by atoms with Gasteiger partial charge in [0.05, 0.1) is 10.6 Å². The standard InChI is InChI=1S/C8H5ClF3NO/c9-6-2-7(13)4(3-14)1-5(6)8(10,11)12/h1-3H,13H2. The number of nitrogen functional groups attached to an aromatic ring is 1. The molecule has 0 radical (unpaired) electrons. The summed E-state index contributed by atoms with van der Waals surface area (Å²) < 4.78 is 36.8. The second kappa shape index (κ2) is 3.49. The molecule has 0 saturated carbocycles. The van der Waals surface area contributed by atoms with E-state index in [9.17, 15) is 18.0 Å². The third kappa shape index (κ3) is 1.98. The minimum atomic E-state index is -4.58. The highest BCUT2D eigenvalue weighted by Gasteiger charge is 2.33. The van der Waals surface area contributed by atoms with Gasteiger partial charge >= 0.3 is 6.18 Å². The van der Waals surface area contributed by atoms with Crippen LogP contribution in [0.25, 0.3) is 0 Å². The fourth-order valence-electron chi connectivity index (χ4n) is 0.925. The van der Waals surface area contributed by atoms with Crippen molar-refractivity contribution in [1.29, 1.82) is 0 Å². The largest absolute Gasteiger partial charge is 0.417 e. The van der Waals surface area contributed by atoms with Crippen LogP contribution >= 0.6 is 11.6 Å². The number of hydrogen-bond donors (Lipinski definition) is 1. The molecule has 0 aliphatic heterocycles. The molecule has 0 unspecified atom stereocenters. The smallest absolute Gasteiger partial charge is 0.398 e. The van der Waals surface area contributed by atoms with E-state index in [1.807, 2.05) is 0 Å². The average molecular weight is 224 g/mol. The number of rotatable bonds is 1. The maximum Gasteiger partial charge on any atom is 0.417 e. The molecule has 0 bridgehead atoms. The highest BCUT2D eigenvalue weighted by Crippen LogP contribution is 2.36. The molecule has 0 heterocycles. The lowest BCUT2D eigenvalue weighted by Gasteiger charge is -2.10. The zero-order valence-corrected chi connectivity index (χ0v) is 7.49. The van der Waals surface area contributed by atoms with Crippen LogP contribution in [-0.2, 0) is 6.18 Å². The number of benzene rings is 1. The lowest BCUT2D eigenvalue weighted by molar-refractivity contribution is -0.137. The molecule has 1 aromatic rings. The van der Waals surface area contributed by atoms with Gasteiger partial charge < -0.3 is 5.73 Å². The molecule has 0 aromatic heterocycles. The molecule has 1 aromatic carbocycles. The van der Waals surface area contributed by atoms with Crippen LogP contribution in [0.4, 0.5) is 18.9 Å². The molecule has 0 saturated heterocycles. The Hall–Kier alpha value is -1.23. The van der Waals surface area contributed by atoms with Crippen LogP contribution in [0.2, 0.25) is 5.02 Å². The fraction of sp³-hybridized carbons (Fsp3) is 0.125. The van der Waals surface area contributed by atoms with Crippen LogP contribution in [0, 0.1) is 0 Å². The zero-order chi connectivity index (χ0) is 10.9. The molecule has 0 amide bonds. The van der Waals surface area contributed by atoms with E-state index in [2.05, 4.69) is 0 Å². The van der Waals surface area contributed by atoms with Crippen molar-refractivity contribution >= 4 is 23.6 Å². The summed E-state index contributed by atoms with van der Waals surface area (Å²) in [6.07, 6.45) is -4.33. The van der Waals surface area contributed by atoms with Crippen molar-refractivity contribution in [2.45, 2.75) is 6.18 Å². The van der Waals surface area contributed by atoms with Gasteiger partial charge in [-0.05, 0) is 12.1 Å². The number of carbonyl (C=O) groups is 1. The number of nitrogens with two attached hydrogens (primary N) is 1. The maximum atomic E-state index is 12.3. The van der Waals surface area contributed by atoms with E-state index in [1.165, 1.54) is 0 Å². The van der Waals surface area contributed by atoms with Gasteiger partial charge in [0.1, 0.15) is 0 Å². The quantitative estimate of drug-likeness (QED) is 0.588. The van der Waals surface area contributed by atoms with Gasteiger partial charge in [-0.3, -0.25) is 4.79 Å². The number of anilines is 1. The molecule has 6 heteroatoms. The first-order valence-corrected chi connectivity index (χ1v) is 3.85. The van der Waals surface area contributed by atoms with Crippen molar-refractivity contribution in [2.75, 3.05) is 5.73 Å². The summed E-state index contributed by atoms with van der Waals surface area (Å²) in [6.45, 7) is 0. The van der Waals surface area contributed by atoms with Gasteiger partial charge in [-0.25, -0.2) is 0 Å². The Morgan fingerprint density at radius 1 is 1.36 bits per heavy atom. The highest BCUT2D eigenvalue weighted by atomic mass is 35.5. The molecular weight excluding hydrogens is 219 g/mol. The van der Waals surface area contributed by atoms with E-state index in [-0.39, 0.29) is 17.5 Å². The number of halogens is 4. The van der Waals surface area contributed by atoms with Gasteiger partial charge in [0.15, 0.2) is 6.29 Å². The fourth-order valence-corrected chi connectivity index (χ4v) is 1.20. The third-order valence-corrected chi connectivity index (χ3v) is 1.92. The SMILES string of the molecule is Nc1cc(Cl)c(C(F)(F)F)cc1C=O. The summed E-state index contributed by atoms with van der Waals surface area (Å²) in [5, 5.41) is -0.513. The van der Waals surface area contributed by atoms with Crippen LogP contribution < -0.4 is 5.73 Å². The van der Waals surface area contributed by atoms with Crippen molar-refractivity contribution < 1.29 is 18.0 Å². The molecule has 0 fully saturated rings. The second-order valence-corrected chi connectivity index (χ2v) is 2.98. The third-order valence-electron chi connectivity index (χ3n) is 1.61. The first kappa shape index (κ1) is 10.8. The van der Waals surface area contributed by atoms with Crippen LogP contribution in [0.1, 0.15) is 15.9 Å². The van der Waals surface area contributed by atoms with E-state index < -0.39 is 16.8 Å². The molecule has 1 rings (SSSR count). The Morgan fingerprint density at radius 3 is 2.36 bits per heavy atom. The molecule has 14 heavy (non-hydrogen) atoms. The summed E-state index contributed by atoms with van der Waals surface area (Å²) >= 11 is 5.33. The first-order valence-electron chi connectivity index (χ1n) is 3.47. The van der Waals surface area contributed by atoms with Crippen molar-refractivity contribution in [3.63, 3.8) is 0 Å². The predicted molar refractivity (Wildman–Crippen MR) is 46.3 cm³/mol. The lowest BCUT2D eigenvalue weighted by Crippen LogP contribution is -2.08. The summed E-state index contributed by atoms with van der Waals surface area (Å²) in [5.74, 6) is 0. The monoisotopic (exact) mass is 223 g/mol. The normalized spacial score (nSPS) is 11.4. The maximum absolute atomic E-state index is 12.3. The van der Waals surface area contributed by atoms with Crippen LogP contribution in [0.15, 0.2) is 12.1 Å². The minimum Gasteiger partial charge on any atom is -0.398 e. The van der Waals surface area contributed by atoms with E-state index in [0.717, 1.165) is 6.07 Å². The van der Waals surface area contributed by atoms with Gasteiger partial charge in [-0.15, -0.1) is 0 Å². The Morgan fingerprint density at radius 2 is 1.93 bits per heavy atom. The highest BCUT2D eigenvalue weighted by molar-refractivity contribution is 6.31. The van der Waals surface area contributed by atoms with E-state index in [0.29, 0.717) is 6.07 Å². The van der Waals surface area contributed by atoms with Crippen LogP contribution in [-0.4, -0.2) is 6.29 Å². The van der Waals surface area contributed by atoms with Crippen molar-refractivity contribution in [3.8, 4) is 0 Å².